The first-order chi connectivity index (χ1) is 8.33. The Kier molecular flexibility index (Phi) is 4.93. The molecular weight excluding hydrogens is 246 g/mol. The summed E-state index contributed by atoms with van der Waals surface area (Å²) < 4.78 is 26.4. The van der Waals surface area contributed by atoms with Gasteiger partial charge in [0, 0.05) is 6.54 Å². The van der Waals surface area contributed by atoms with Crippen LogP contribution >= 0.6 is 0 Å². The Hall–Kier alpha value is -0.870. The quantitative estimate of drug-likeness (QED) is 0.862. The third kappa shape index (κ3) is 3.56. The van der Waals surface area contributed by atoms with E-state index in [9.17, 15) is 8.42 Å². The van der Waals surface area contributed by atoms with Crippen LogP contribution in [-0.2, 0) is 15.4 Å². The highest BCUT2D eigenvalue weighted by atomic mass is 32.2. The lowest BCUT2D eigenvalue weighted by atomic mass is 9.81. The van der Waals surface area contributed by atoms with E-state index in [1.54, 1.807) is 19.1 Å². The Morgan fingerprint density at radius 1 is 1.22 bits per heavy atom. The van der Waals surface area contributed by atoms with Gasteiger partial charge >= 0.3 is 0 Å². The van der Waals surface area contributed by atoms with Crippen molar-refractivity contribution in [2.45, 2.75) is 50.8 Å². The molecule has 4 heteroatoms. The smallest absolute Gasteiger partial charge is 0.211 e. The Balaban J connectivity index is 3.14. The van der Waals surface area contributed by atoms with E-state index in [-0.39, 0.29) is 5.41 Å². The zero-order valence-electron chi connectivity index (χ0n) is 11.7. The zero-order valence-corrected chi connectivity index (χ0v) is 12.5. The van der Waals surface area contributed by atoms with E-state index in [1.165, 1.54) is 0 Å². The van der Waals surface area contributed by atoms with Gasteiger partial charge in [-0.15, -0.1) is 0 Å². The summed E-state index contributed by atoms with van der Waals surface area (Å²) in [5, 5.41) is 0. The molecule has 0 unspecified atom stereocenters. The van der Waals surface area contributed by atoms with E-state index in [0.29, 0.717) is 11.4 Å². The van der Waals surface area contributed by atoms with E-state index < -0.39 is 10.0 Å². The van der Waals surface area contributed by atoms with E-state index in [2.05, 4.69) is 25.5 Å². The maximum atomic E-state index is 12.0. The second kappa shape index (κ2) is 5.85. The molecule has 3 nitrogen and oxygen atoms in total. The van der Waals surface area contributed by atoms with Gasteiger partial charge in [0.1, 0.15) is 0 Å². The number of nitrogens with one attached hydrogen (secondary N) is 1. The molecule has 0 fully saturated rings. The summed E-state index contributed by atoms with van der Waals surface area (Å²) in [6, 6.07) is 7.24. The lowest BCUT2D eigenvalue weighted by Crippen LogP contribution is -2.24. The number of hydrogen-bond acceptors (Lipinski definition) is 2. The molecule has 0 aromatic heterocycles. The normalized spacial score (nSPS) is 12.7. The van der Waals surface area contributed by atoms with Crippen LogP contribution in [0.2, 0.25) is 0 Å². The van der Waals surface area contributed by atoms with Crippen molar-refractivity contribution in [2.24, 2.45) is 0 Å². The molecule has 102 valence electrons. The summed E-state index contributed by atoms with van der Waals surface area (Å²) in [7, 11) is -3.36. The molecule has 0 saturated heterocycles. The average Bonchev–Trinajstić information content (AvgIpc) is 2.29. The van der Waals surface area contributed by atoms with Gasteiger partial charge < -0.3 is 0 Å². The summed E-state index contributed by atoms with van der Waals surface area (Å²) in [5.74, 6) is 0. The van der Waals surface area contributed by atoms with Gasteiger partial charge in [0.15, 0.2) is 0 Å². The molecule has 1 rings (SSSR count). The minimum atomic E-state index is -3.36. The van der Waals surface area contributed by atoms with Crippen molar-refractivity contribution in [1.82, 2.24) is 4.72 Å². The lowest BCUT2D eigenvalue weighted by Gasteiger charge is -2.25. The minimum absolute atomic E-state index is 0.00644. The summed E-state index contributed by atoms with van der Waals surface area (Å²) in [6.45, 7) is 8.62. The van der Waals surface area contributed by atoms with Crippen molar-refractivity contribution in [3.05, 3.63) is 29.8 Å². The fourth-order valence-electron chi connectivity index (χ4n) is 2.13. The van der Waals surface area contributed by atoms with Crippen molar-refractivity contribution in [3.8, 4) is 0 Å². The van der Waals surface area contributed by atoms with Crippen molar-refractivity contribution < 1.29 is 8.42 Å². The highest BCUT2D eigenvalue weighted by Gasteiger charge is 2.21. The molecular formula is C14H23NO2S. The van der Waals surface area contributed by atoms with Crippen LogP contribution in [0.3, 0.4) is 0 Å². The van der Waals surface area contributed by atoms with Crippen LogP contribution in [0.4, 0.5) is 0 Å². The summed E-state index contributed by atoms with van der Waals surface area (Å²) in [4.78, 5) is 0.353. The monoisotopic (exact) mass is 269 g/mol. The third-order valence-electron chi connectivity index (χ3n) is 3.14. The van der Waals surface area contributed by atoms with Gasteiger partial charge in [-0.2, -0.15) is 0 Å². The predicted octanol–water partition coefficient (Wildman–Crippen LogP) is 3.06. The predicted molar refractivity (Wildman–Crippen MR) is 75.2 cm³/mol. The second-order valence-electron chi connectivity index (χ2n) is 5.16. The van der Waals surface area contributed by atoms with E-state index >= 15 is 0 Å². The average molecular weight is 269 g/mol. The fraction of sp³-hybridized carbons (Fsp3) is 0.571. The Bertz CT molecular complexity index is 492. The fourth-order valence-corrected chi connectivity index (χ4v) is 3.21. The van der Waals surface area contributed by atoms with Gasteiger partial charge in [-0.3, -0.25) is 0 Å². The van der Waals surface area contributed by atoms with Crippen molar-refractivity contribution in [2.75, 3.05) is 6.54 Å². The Labute approximate surface area is 111 Å². The van der Waals surface area contributed by atoms with Crippen molar-refractivity contribution in [1.29, 1.82) is 0 Å². The third-order valence-corrected chi connectivity index (χ3v) is 4.68. The number of rotatable bonds is 6. The maximum absolute atomic E-state index is 12.0. The molecule has 1 N–H and O–H groups in total. The van der Waals surface area contributed by atoms with Crippen LogP contribution in [0.15, 0.2) is 29.2 Å². The molecule has 0 saturated carbocycles. The molecule has 0 atom stereocenters. The van der Waals surface area contributed by atoms with Crippen molar-refractivity contribution in [3.63, 3.8) is 0 Å². The molecule has 1 aromatic rings. The van der Waals surface area contributed by atoms with Crippen LogP contribution in [0.5, 0.6) is 0 Å². The van der Waals surface area contributed by atoms with Gasteiger partial charge in [0.25, 0.3) is 0 Å². The number of hydrogen-bond donors (Lipinski definition) is 1. The highest BCUT2D eigenvalue weighted by molar-refractivity contribution is 7.89. The van der Waals surface area contributed by atoms with E-state index in [1.807, 2.05) is 12.1 Å². The molecule has 1 aromatic carbocycles. The summed E-state index contributed by atoms with van der Waals surface area (Å²) in [6.07, 6.45) is 2.12. The Morgan fingerprint density at radius 2 is 1.89 bits per heavy atom. The van der Waals surface area contributed by atoms with Gasteiger partial charge in [0.05, 0.1) is 4.90 Å². The number of benzene rings is 1. The topological polar surface area (TPSA) is 46.2 Å². The molecule has 0 spiro atoms. The molecule has 0 heterocycles. The van der Waals surface area contributed by atoms with E-state index in [4.69, 9.17) is 0 Å². The minimum Gasteiger partial charge on any atom is -0.211 e. The van der Waals surface area contributed by atoms with Gasteiger partial charge in [-0.05, 0) is 29.5 Å². The summed E-state index contributed by atoms with van der Waals surface area (Å²) in [5.41, 5.74) is 1.08. The van der Waals surface area contributed by atoms with Gasteiger partial charge in [0.2, 0.25) is 10.0 Å². The number of sulfonamides is 1. The van der Waals surface area contributed by atoms with Crippen LogP contribution in [0.25, 0.3) is 0 Å². The lowest BCUT2D eigenvalue weighted by molar-refractivity contribution is 0.472. The first-order valence-corrected chi connectivity index (χ1v) is 7.92. The molecule has 18 heavy (non-hydrogen) atoms. The van der Waals surface area contributed by atoms with Crippen LogP contribution in [0, 0.1) is 0 Å². The van der Waals surface area contributed by atoms with Crippen LogP contribution < -0.4 is 4.72 Å². The summed E-state index contributed by atoms with van der Waals surface area (Å²) >= 11 is 0. The molecule has 0 aliphatic heterocycles. The van der Waals surface area contributed by atoms with Crippen molar-refractivity contribution >= 4 is 10.0 Å². The van der Waals surface area contributed by atoms with Gasteiger partial charge in [-0.1, -0.05) is 46.2 Å². The van der Waals surface area contributed by atoms with Crippen LogP contribution in [0.1, 0.15) is 46.1 Å². The Morgan fingerprint density at radius 3 is 2.44 bits per heavy atom. The van der Waals surface area contributed by atoms with Gasteiger partial charge in [-0.25, -0.2) is 13.1 Å². The standard InChI is InChI=1S/C14H23NO2S/c1-5-10-14(3,4)12-8-7-9-13(11-12)18(16,17)15-6-2/h7-9,11,15H,5-6,10H2,1-4H3. The maximum Gasteiger partial charge on any atom is 0.240 e. The molecule has 0 radical (unpaired) electrons. The molecule has 0 aliphatic rings. The first-order valence-electron chi connectivity index (χ1n) is 6.43. The SMILES string of the molecule is CCCC(C)(C)c1cccc(S(=O)(=O)NCC)c1. The largest absolute Gasteiger partial charge is 0.240 e. The highest BCUT2D eigenvalue weighted by Crippen LogP contribution is 2.29. The van der Waals surface area contributed by atoms with E-state index in [0.717, 1.165) is 18.4 Å². The van der Waals surface area contributed by atoms with Crippen LogP contribution in [-0.4, -0.2) is 15.0 Å². The molecule has 0 aliphatic carbocycles. The second-order valence-corrected chi connectivity index (χ2v) is 6.93. The molecule has 0 bridgehead atoms. The zero-order chi connectivity index (χ0) is 13.8. The molecule has 0 amide bonds. The first kappa shape index (κ1) is 15.2.